The van der Waals surface area contributed by atoms with Crippen LogP contribution in [0.15, 0.2) is 12.1 Å². The van der Waals surface area contributed by atoms with Crippen LogP contribution in [0.1, 0.15) is 28.8 Å². The zero-order chi connectivity index (χ0) is 14.7. The van der Waals surface area contributed by atoms with E-state index in [9.17, 15) is 4.79 Å². The van der Waals surface area contributed by atoms with Crippen molar-refractivity contribution in [1.29, 1.82) is 0 Å². The summed E-state index contributed by atoms with van der Waals surface area (Å²) in [7, 11) is 3.18. The van der Waals surface area contributed by atoms with E-state index in [4.69, 9.17) is 15.2 Å². The molecule has 0 bridgehead atoms. The van der Waals surface area contributed by atoms with Gasteiger partial charge in [0.15, 0.2) is 0 Å². The molecule has 2 rings (SSSR count). The quantitative estimate of drug-likeness (QED) is 0.923. The number of nitrogens with zero attached hydrogens (tertiary/aromatic N) is 1. The third-order valence-electron chi connectivity index (χ3n) is 3.91. The number of carbonyl (C=O) groups is 1. The summed E-state index contributed by atoms with van der Waals surface area (Å²) in [6, 6.07) is 3.68. The SMILES string of the molecule is COc1cc(C(=O)N2CCCC2CN)cc(OC)c1C.Cl. The Kier molecular flexibility index (Phi) is 6.30. The third kappa shape index (κ3) is 3.41. The first kappa shape index (κ1) is 17.6. The zero-order valence-electron chi connectivity index (χ0n) is 12.7. The topological polar surface area (TPSA) is 64.8 Å². The van der Waals surface area contributed by atoms with Crippen LogP contribution in [-0.2, 0) is 0 Å². The van der Waals surface area contributed by atoms with E-state index in [1.807, 2.05) is 11.8 Å². The average molecular weight is 315 g/mol. The highest BCUT2D eigenvalue weighted by molar-refractivity contribution is 5.95. The summed E-state index contributed by atoms with van der Waals surface area (Å²) in [4.78, 5) is 14.5. The largest absolute Gasteiger partial charge is 0.496 e. The molecule has 5 nitrogen and oxygen atoms in total. The van der Waals surface area contributed by atoms with E-state index >= 15 is 0 Å². The maximum atomic E-state index is 12.6. The van der Waals surface area contributed by atoms with Gasteiger partial charge in [-0.25, -0.2) is 0 Å². The van der Waals surface area contributed by atoms with Crippen LogP contribution >= 0.6 is 12.4 Å². The third-order valence-corrected chi connectivity index (χ3v) is 3.91. The minimum absolute atomic E-state index is 0. The van der Waals surface area contributed by atoms with Gasteiger partial charge in [-0.2, -0.15) is 0 Å². The van der Waals surface area contributed by atoms with Gasteiger partial charge < -0.3 is 20.1 Å². The fourth-order valence-electron chi connectivity index (χ4n) is 2.72. The minimum Gasteiger partial charge on any atom is -0.496 e. The van der Waals surface area contributed by atoms with Crippen LogP contribution in [0.5, 0.6) is 11.5 Å². The molecule has 0 spiro atoms. The summed E-state index contributed by atoms with van der Waals surface area (Å²) < 4.78 is 10.6. The van der Waals surface area contributed by atoms with Crippen LogP contribution in [0.4, 0.5) is 0 Å². The molecule has 1 atom stereocenters. The van der Waals surface area contributed by atoms with Gasteiger partial charge in [0.1, 0.15) is 11.5 Å². The fourth-order valence-corrected chi connectivity index (χ4v) is 2.72. The van der Waals surface area contributed by atoms with Gasteiger partial charge >= 0.3 is 0 Å². The number of likely N-dealkylation sites (tertiary alicyclic amines) is 1. The molecule has 0 aliphatic carbocycles. The molecular formula is C15H23ClN2O3. The average Bonchev–Trinajstić information content (AvgIpc) is 2.95. The van der Waals surface area contributed by atoms with Crippen molar-refractivity contribution in [3.63, 3.8) is 0 Å². The van der Waals surface area contributed by atoms with E-state index in [0.717, 1.165) is 24.9 Å². The van der Waals surface area contributed by atoms with Gasteiger partial charge in [-0.15, -0.1) is 12.4 Å². The number of nitrogens with two attached hydrogens (primary N) is 1. The van der Waals surface area contributed by atoms with Crippen LogP contribution < -0.4 is 15.2 Å². The molecular weight excluding hydrogens is 292 g/mol. The maximum absolute atomic E-state index is 12.6. The smallest absolute Gasteiger partial charge is 0.254 e. The van der Waals surface area contributed by atoms with E-state index in [-0.39, 0.29) is 24.4 Å². The minimum atomic E-state index is -0.00505. The highest BCUT2D eigenvalue weighted by atomic mass is 35.5. The van der Waals surface area contributed by atoms with Crippen LogP contribution in [0, 0.1) is 6.92 Å². The first-order chi connectivity index (χ1) is 9.62. The summed E-state index contributed by atoms with van der Waals surface area (Å²) in [5.41, 5.74) is 7.21. The van der Waals surface area contributed by atoms with Crippen LogP contribution in [0.25, 0.3) is 0 Å². The summed E-state index contributed by atoms with van der Waals surface area (Å²) in [5, 5.41) is 0. The number of benzene rings is 1. The second kappa shape index (κ2) is 7.52. The molecule has 0 radical (unpaired) electrons. The molecule has 1 unspecified atom stereocenters. The molecule has 0 saturated carbocycles. The highest BCUT2D eigenvalue weighted by Crippen LogP contribution is 2.31. The lowest BCUT2D eigenvalue weighted by atomic mass is 10.1. The van der Waals surface area contributed by atoms with Crippen molar-refractivity contribution in [2.24, 2.45) is 5.73 Å². The van der Waals surface area contributed by atoms with Crippen LogP contribution in [0.3, 0.4) is 0 Å². The van der Waals surface area contributed by atoms with E-state index in [1.165, 1.54) is 0 Å². The molecule has 1 aromatic rings. The molecule has 21 heavy (non-hydrogen) atoms. The number of carbonyl (C=O) groups excluding carboxylic acids is 1. The maximum Gasteiger partial charge on any atom is 0.254 e. The predicted molar refractivity (Wildman–Crippen MR) is 84.6 cm³/mol. The lowest BCUT2D eigenvalue weighted by Crippen LogP contribution is -2.39. The number of hydrogen-bond donors (Lipinski definition) is 1. The van der Waals surface area contributed by atoms with Gasteiger partial charge in [-0.3, -0.25) is 4.79 Å². The molecule has 0 aromatic heterocycles. The van der Waals surface area contributed by atoms with E-state index in [0.29, 0.717) is 23.6 Å². The van der Waals surface area contributed by atoms with Crippen molar-refractivity contribution in [3.05, 3.63) is 23.3 Å². The molecule has 1 aliphatic rings. The molecule has 1 heterocycles. The first-order valence-electron chi connectivity index (χ1n) is 6.86. The standard InChI is InChI=1S/C15H22N2O3.ClH/c1-10-13(19-2)7-11(8-14(10)20-3)15(18)17-6-4-5-12(17)9-16;/h7-8,12H,4-6,9,16H2,1-3H3;1H. The van der Waals surface area contributed by atoms with Crippen molar-refractivity contribution in [2.75, 3.05) is 27.3 Å². The van der Waals surface area contributed by atoms with Gasteiger partial charge in [0.05, 0.1) is 14.2 Å². The Hall–Kier alpha value is -1.46. The zero-order valence-corrected chi connectivity index (χ0v) is 13.5. The number of methoxy groups -OCH3 is 2. The van der Waals surface area contributed by atoms with Gasteiger partial charge in [-0.1, -0.05) is 0 Å². The summed E-state index contributed by atoms with van der Waals surface area (Å²) >= 11 is 0. The lowest BCUT2D eigenvalue weighted by Gasteiger charge is -2.24. The van der Waals surface area contributed by atoms with Crippen molar-refractivity contribution in [3.8, 4) is 11.5 Å². The van der Waals surface area contributed by atoms with Crippen molar-refractivity contribution in [2.45, 2.75) is 25.8 Å². The second-order valence-corrected chi connectivity index (χ2v) is 5.04. The lowest BCUT2D eigenvalue weighted by molar-refractivity contribution is 0.0740. The Labute approximate surface area is 131 Å². The predicted octanol–water partition coefficient (Wildman–Crippen LogP) is 2.00. The van der Waals surface area contributed by atoms with E-state index < -0.39 is 0 Å². The summed E-state index contributed by atoms with van der Waals surface area (Å²) in [6.07, 6.45) is 1.98. The number of ether oxygens (including phenoxy) is 2. The summed E-state index contributed by atoms with van der Waals surface area (Å²) in [6.45, 7) is 3.18. The van der Waals surface area contributed by atoms with Crippen molar-refractivity contribution < 1.29 is 14.3 Å². The molecule has 1 saturated heterocycles. The normalized spacial score (nSPS) is 17.3. The Bertz CT molecular complexity index is 483. The summed E-state index contributed by atoms with van der Waals surface area (Å²) in [5.74, 6) is 1.32. The molecule has 1 aromatic carbocycles. The van der Waals surface area contributed by atoms with Crippen molar-refractivity contribution in [1.82, 2.24) is 4.90 Å². The molecule has 1 amide bonds. The fraction of sp³-hybridized carbons (Fsp3) is 0.533. The Balaban J connectivity index is 0.00000220. The first-order valence-corrected chi connectivity index (χ1v) is 6.86. The van der Waals surface area contributed by atoms with E-state index in [1.54, 1.807) is 26.4 Å². The molecule has 6 heteroatoms. The molecule has 118 valence electrons. The van der Waals surface area contributed by atoms with Gasteiger partial charge in [0, 0.05) is 30.3 Å². The van der Waals surface area contributed by atoms with Crippen LogP contribution in [-0.4, -0.2) is 44.2 Å². The van der Waals surface area contributed by atoms with E-state index in [2.05, 4.69) is 0 Å². The van der Waals surface area contributed by atoms with Gasteiger partial charge in [-0.05, 0) is 31.9 Å². The molecule has 1 fully saturated rings. The highest BCUT2D eigenvalue weighted by Gasteiger charge is 2.29. The number of rotatable bonds is 4. The Morgan fingerprint density at radius 3 is 2.38 bits per heavy atom. The number of halogens is 1. The van der Waals surface area contributed by atoms with Crippen molar-refractivity contribution >= 4 is 18.3 Å². The van der Waals surface area contributed by atoms with Crippen LogP contribution in [0.2, 0.25) is 0 Å². The Morgan fingerprint density at radius 2 is 1.90 bits per heavy atom. The van der Waals surface area contributed by atoms with Gasteiger partial charge in [0.2, 0.25) is 0 Å². The monoisotopic (exact) mass is 314 g/mol. The Morgan fingerprint density at radius 1 is 1.33 bits per heavy atom. The number of amides is 1. The molecule has 2 N–H and O–H groups in total. The molecule has 1 aliphatic heterocycles. The van der Waals surface area contributed by atoms with Gasteiger partial charge in [0.25, 0.3) is 5.91 Å². The number of hydrogen-bond acceptors (Lipinski definition) is 4. The second-order valence-electron chi connectivity index (χ2n) is 5.04.